The zero-order valence-corrected chi connectivity index (χ0v) is 14.9. The first-order valence-electron chi connectivity index (χ1n) is 7.33. The summed E-state index contributed by atoms with van der Waals surface area (Å²) in [7, 11) is 0. The summed E-state index contributed by atoms with van der Waals surface area (Å²) in [6.45, 7) is 11.9. The molecule has 0 aliphatic rings. The molecule has 0 spiro atoms. The van der Waals surface area contributed by atoms with E-state index in [1.807, 2.05) is 0 Å². The quantitative estimate of drug-likeness (QED) is 0.707. The van der Waals surface area contributed by atoms with E-state index >= 15 is 0 Å². The van der Waals surface area contributed by atoms with E-state index in [4.69, 9.17) is 9.97 Å². The molecule has 0 radical (unpaired) electrons. The topological polar surface area (TPSA) is 37.8 Å². The summed E-state index contributed by atoms with van der Waals surface area (Å²) >= 11 is 2.37. The van der Waals surface area contributed by atoms with Crippen molar-refractivity contribution in [2.75, 3.05) is 11.9 Å². The monoisotopic (exact) mass is 375 g/mol. The van der Waals surface area contributed by atoms with Crippen molar-refractivity contribution in [2.45, 2.75) is 59.8 Å². The van der Waals surface area contributed by atoms with E-state index in [-0.39, 0.29) is 0 Å². The second kappa shape index (κ2) is 8.02. The third kappa shape index (κ3) is 4.58. The number of anilines is 1. The molecule has 0 aliphatic heterocycles. The van der Waals surface area contributed by atoms with Crippen LogP contribution in [0.2, 0.25) is 0 Å². The molecule has 108 valence electrons. The average molecular weight is 375 g/mol. The minimum atomic E-state index is 0.473. The lowest BCUT2D eigenvalue weighted by Crippen LogP contribution is -2.13. The van der Waals surface area contributed by atoms with Gasteiger partial charge in [0.15, 0.2) is 0 Å². The molecular weight excluding hydrogens is 349 g/mol. The van der Waals surface area contributed by atoms with Gasteiger partial charge in [0.05, 0.1) is 9.26 Å². The van der Waals surface area contributed by atoms with Crippen molar-refractivity contribution in [3.63, 3.8) is 0 Å². The van der Waals surface area contributed by atoms with Crippen LogP contribution < -0.4 is 5.32 Å². The van der Waals surface area contributed by atoms with Gasteiger partial charge >= 0.3 is 0 Å². The molecule has 1 aromatic rings. The Morgan fingerprint density at radius 3 is 2.21 bits per heavy atom. The fourth-order valence-electron chi connectivity index (χ4n) is 2.16. The zero-order valence-electron chi connectivity index (χ0n) is 12.8. The molecule has 0 unspecified atom stereocenters. The molecule has 1 N–H and O–H groups in total. The van der Waals surface area contributed by atoms with Gasteiger partial charge in [-0.15, -0.1) is 0 Å². The third-order valence-corrected chi connectivity index (χ3v) is 4.37. The Kier molecular flexibility index (Phi) is 7.04. The fourth-order valence-corrected chi connectivity index (χ4v) is 2.81. The van der Waals surface area contributed by atoms with Crippen molar-refractivity contribution in [2.24, 2.45) is 5.92 Å². The molecule has 0 saturated carbocycles. The molecule has 19 heavy (non-hydrogen) atoms. The minimum Gasteiger partial charge on any atom is -0.369 e. The molecule has 0 fully saturated rings. The van der Waals surface area contributed by atoms with Gasteiger partial charge < -0.3 is 5.32 Å². The number of rotatable bonds is 7. The van der Waals surface area contributed by atoms with E-state index in [0.29, 0.717) is 11.8 Å². The van der Waals surface area contributed by atoms with Gasteiger partial charge in [0.1, 0.15) is 11.6 Å². The maximum atomic E-state index is 4.84. The molecule has 4 heteroatoms. The van der Waals surface area contributed by atoms with E-state index in [9.17, 15) is 0 Å². The van der Waals surface area contributed by atoms with Gasteiger partial charge in [-0.1, -0.05) is 27.7 Å². The standard InChI is InChI=1S/C15H26IN3/c1-6-11(7-2)14-18-12(9-10(4)5)13(16)15(19-14)17-8-3/h10-11H,6-9H2,1-5H3,(H,17,18,19). The minimum absolute atomic E-state index is 0.473. The molecule has 0 bridgehead atoms. The number of aromatic nitrogens is 2. The van der Waals surface area contributed by atoms with Crippen LogP contribution >= 0.6 is 22.6 Å². The lowest BCUT2D eigenvalue weighted by Gasteiger charge is -2.17. The average Bonchev–Trinajstić information content (AvgIpc) is 2.36. The van der Waals surface area contributed by atoms with Crippen molar-refractivity contribution in [1.82, 2.24) is 9.97 Å². The maximum absolute atomic E-state index is 4.84. The largest absolute Gasteiger partial charge is 0.369 e. The third-order valence-electron chi connectivity index (χ3n) is 3.23. The lowest BCUT2D eigenvalue weighted by molar-refractivity contribution is 0.582. The first kappa shape index (κ1) is 16.7. The summed E-state index contributed by atoms with van der Waals surface area (Å²) in [6.07, 6.45) is 3.22. The number of hydrogen-bond donors (Lipinski definition) is 1. The van der Waals surface area contributed by atoms with Crippen LogP contribution in [0, 0.1) is 9.49 Å². The van der Waals surface area contributed by atoms with E-state index in [0.717, 1.165) is 37.4 Å². The Labute approximate surface area is 131 Å². The van der Waals surface area contributed by atoms with Gasteiger partial charge in [-0.3, -0.25) is 0 Å². The van der Waals surface area contributed by atoms with Crippen molar-refractivity contribution in [3.05, 3.63) is 15.1 Å². The Balaban J connectivity index is 3.21. The molecule has 0 aliphatic carbocycles. The number of hydrogen-bond acceptors (Lipinski definition) is 3. The molecule has 1 aromatic heterocycles. The molecule has 0 atom stereocenters. The lowest BCUT2D eigenvalue weighted by atomic mass is 10.0. The van der Waals surface area contributed by atoms with Crippen molar-refractivity contribution < 1.29 is 0 Å². The predicted octanol–water partition coefficient (Wildman–Crippen LogP) is 4.62. The van der Waals surface area contributed by atoms with Crippen LogP contribution in [0.5, 0.6) is 0 Å². The Bertz CT molecular complexity index is 401. The van der Waals surface area contributed by atoms with Crippen LogP contribution in [0.4, 0.5) is 5.82 Å². The van der Waals surface area contributed by atoms with E-state index in [1.165, 1.54) is 9.26 Å². The molecule has 0 saturated heterocycles. The summed E-state index contributed by atoms with van der Waals surface area (Å²) < 4.78 is 1.18. The zero-order chi connectivity index (χ0) is 14.4. The Morgan fingerprint density at radius 2 is 1.74 bits per heavy atom. The van der Waals surface area contributed by atoms with Crippen LogP contribution in [-0.4, -0.2) is 16.5 Å². The van der Waals surface area contributed by atoms with E-state index < -0.39 is 0 Å². The van der Waals surface area contributed by atoms with Crippen molar-refractivity contribution >= 4 is 28.4 Å². The van der Waals surface area contributed by atoms with Gasteiger partial charge in [-0.2, -0.15) is 0 Å². The van der Waals surface area contributed by atoms with Gasteiger partial charge in [-0.25, -0.2) is 9.97 Å². The first-order chi connectivity index (χ1) is 9.03. The van der Waals surface area contributed by atoms with Crippen molar-refractivity contribution in [3.8, 4) is 0 Å². The van der Waals surface area contributed by atoms with Crippen LogP contribution in [0.1, 0.15) is 64.9 Å². The first-order valence-corrected chi connectivity index (χ1v) is 8.41. The van der Waals surface area contributed by atoms with Gasteiger partial charge in [0, 0.05) is 12.5 Å². The molecule has 0 aromatic carbocycles. The Morgan fingerprint density at radius 1 is 1.11 bits per heavy atom. The second-order valence-corrected chi connectivity index (χ2v) is 6.41. The van der Waals surface area contributed by atoms with Crippen LogP contribution in [0.15, 0.2) is 0 Å². The molecule has 1 heterocycles. The molecule has 3 nitrogen and oxygen atoms in total. The SMILES string of the molecule is CCNc1nc(C(CC)CC)nc(CC(C)C)c1I. The van der Waals surface area contributed by atoms with E-state index in [2.05, 4.69) is 62.5 Å². The second-order valence-electron chi connectivity index (χ2n) is 5.33. The highest BCUT2D eigenvalue weighted by Gasteiger charge is 2.17. The number of halogens is 1. The van der Waals surface area contributed by atoms with E-state index in [1.54, 1.807) is 0 Å². The summed E-state index contributed by atoms with van der Waals surface area (Å²) in [5.74, 6) is 3.11. The summed E-state index contributed by atoms with van der Waals surface area (Å²) in [6, 6.07) is 0. The predicted molar refractivity (Wildman–Crippen MR) is 90.8 cm³/mol. The maximum Gasteiger partial charge on any atom is 0.143 e. The Hall–Kier alpha value is -0.390. The number of nitrogens with zero attached hydrogens (tertiary/aromatic N) is 2. The summed E-state index contributed by atoms with van der Waals surface area (Å²) in [5.41, 5.74) is 1.20. The summed E-state index contributed by atoms with van der Waals surface area (Å²) in [5, 5.41) is 3.37. The molecule has 0 amide bonds. The van der Waals surface area contributed by atoms with Crippen LogP contribution in [-0.2, 0) is 6.42 Å². The van der Waals surface area contributed by atoms with Gasteiger partial charge in [0.2, 0.25) is 0 Å². The summed E-state index contributed by atoms with van der Waals surface area (Å²) in [4.78, 5) is 9.58. The van der Waals surface area contributed by atoms with Crippen LogP contribution in [0.25, 0.3) is 0 Å². The highest BCUT2D eigenvalue weighted by atomic mass is 127. The molecule has 1 rings (SSSR count). The smallest absolute Gasteiger partial charge is 0.143 e. The van der Waals surface area contributed by atoms with Crippen molar-refractivity contribution in [1.29, 1.82) is 0 Å². The fraction of sp³-hybridized carbons (Fsp3) is 0.733. The molecular formula is C15H26IN3. The normalized spacial score (nSPS) is 11.4. The van der Waals surface area contributed by atoms with Crippen LogP contribution in [0.3, 0.4) is 0 Å². The number of nitrogens with one attached hydrogen (secondary N) is 1. The highest BCUT2D eigenvalue weighted by Crippen LogP contribution is 2.26. The van der Waals surface area contributed by atoms with Gasteiger partial charge in [0.25, 0.3) is 0 Å². The van der Waals surface area contributed by atoms with Gasteiger partial charge in [-0.05, 0) is 54.7 Å². The highest BCUT2D eigenvalue weighted by molar-refractivity contribution is 14.1.